The molecule has 160 valence electrons. The molecule has 2 heterocycles. The molecule has 1 spiro atoms. The highest BCUT2D eigenvalue weighted by Crippen LogP contribution is 2.44. The SMILES string of the molecule is CC[NH+](CN1C(=O)NC2(CCC(C(C)(C)CC)CC2)C1=O)[C@@H]1CCS(=O)(=O)C1. The van der Waals surface area contributed by atoms with E-state index in [0.29, 0.717) is 31.7 Å². The molecule has 0 bridgehead atoms. The lowest BCUT2D eigenvalue weighted by molar-refractivity contribution is -0.927. The third-order valence-corrected chi connectivity index (χ3v) is 9.49. The molecule has 3 aliphatic rings. The third kappa shape index (κ3) is 3.95. The number of hydrogen-bond acceptors (Lipinski definition) is 4. The van der Waals surface area contributed by atoms with Gasteiger partial charge in [-0.3, -0.25) is 4.79 Å². The maximum atomic E-state index is 13.2. The van der Waals surface area contributed by atoms with E-state index in [2.05, 4.69) is 26.1 Å². The predicted molar refractivity (Wildman–Crippen MR) is 108 cm³/mol. The number of urea groups is 1. The molecule has 8 heteroatoms. The summed E-state index contributed by atoms with van der Waals surface area (Å²) in [6, 6.07) is -0.349. The van der Waals surface area contributed by atoms with Crippen molar-refractivity contribution in [3.05, 3.63) is 0 Å². The van der Waals surface area contributed by atoms with Gasteiger partial charge in [0.2, 0.25) is 0 Å². The lowest BCUT2D eigenvalue weighted by Gasteiger charge is -2.42. The van der Waals surface area contributed by atoms with E-state index < -0.39 is 15.4 Å². The van der Waals surface area contributed by atoms with E-state index in [4.69, 9.17) is 0 Å². The van der Waals surface area contributed by atoms with Crippen molar-refractivity contribution in [3.63, 3.8) is 0 Å². The van der Waals surface area contributed by atoms with Crippen LogP contribution in [0.1, 0.15) is 66.2 Å². The van der Waals surface area contributed by atoms with Crippen molar-refractivity contribution in [2.45, 2.75) is 77.8 Å². The number of sulfone groups is 1. The molecule has 0 radical (unpaired) electrons. The number of quaternary nitrogens is 1. The molecule has 28 heavy (non-hydrogen) atoms. The van der Waals surface area contributed by atoms with Crippen molar-refractivity contribution < 1.29 is 22.9 Å². The first-order valence-electron chi connectivity index (χ1n) is 10.7. The van der Waals surface area contributed by atoms with E-state index in [1.807, 2.05) is 6.92 Å². The highest BCUT2D eigenvalue weighted by atomic mass is 32.2. The van der Waals surface area contributed by atoms with Crippen LogP contribution in [0.15, 0.2) is 0 Å². The largest absolute Gasteiger partial charge is 0.329 e. The summed E-state index contributed by atoms with van der Waals surface area (Å²) >= 11 is 0. The van der Waals surface area contributed by atoms with Gasteiger partial charge in [-0.1, -0.05) is 27.2 Å². The van der Waals surface area contributed by atoms with Gasteiger partial charge in [-0.15, -0.1) is 0 Å². The Balaban J connectivity index is 1.67. The molecule has 3 fully saturated rings. The van der Waals surface area contributed by atoms with Gasteiger partial charge < -0.3 is 10.2 Å². The molecule has 1 aliphatic carbocycles. The van der Waals surface area contributed by atoms with Crippen LogP contribution in [0, 0.1) is 11.3 Å². The molecule has 3 rings (SSSR count). The van der Waals surface area contributed by atoms with Gasteiger partial charge in [-0.25, -0.2) is 18.1 Å². The molecule has 2 N–H and O–H groups in total. The summed E-state index contributed by atoms with van der Waals surface area (Å²) in [7, 11) is -2.99. The fourth-order valence-corrected chi connectivity index (χ4v) is 7.01. The van der Waals surface area contributed by atoms with Gasteiger partial charge >= 0.3 is 6.03 Å². The minimum Gasteiger partial charge on any atom is -0.323 e. The molecule has 1 unspecified atom stereocenters. The van der Waals surface area contributed by atoms with E-state index >= 15 is 0 Å². The molecule has 2 atom stereocenters. The summed E-state index contributed by atoms with van der Waals surface area (Å²) in [6.07, 6.45) is 5.00. The van der Waals surface area contributed by atoms with Crippen molar-refractivity contribution in [1.29, 1.82) is 0 Å². The second-order valence-electron chi connectivity index (χ2n) is 9.63. The molecule has 2 saturated heterocycles. The van der Waals surface area contributed by atoms with Crippen LogP contribution in [-0.4, -0.2) is 61.6 Å². The van der Waals surface area contributed by atoms with Gasteiger partial charge in [0, 0.05) is 6.42 Å². The highest BCUT2D eigenvalue weighted by Gasteiger charge is 2.54. The second kappa shape index (κ2) is 7.59. The molecule has 0 aromatic rings. The number of imide groups is 1. The molecular weight excluding hydrogens is 378 g/mol. The standard InChI is InChI=1S/C20H35N3O4S/c1-5-19(3,4)15-7-10-20(11-8-15)17(24)23(18(25)21-20)14-22(6-2)16-9-12-28(26,27)13-16/h15-16H,5-14H2,1-4H3,(H,21,25)/p+1/t15?,16-,20?/m1/s1. The van der Waals surface area contributed by atoms with Gasteiger partial charge in [0.05, 0.1) is 12.3 Å². The van der Waals surface area contributed by atoms with E-state index in [-0.39, 0.29) is 41.6 Å². The monoisotopic (exact) mass is 414 g/mol. The Hall–Kier alpha value is -1.15. The maximum Gasteiger partial charge on any atom is 0.329 e. The Morgan fingerprint density at radius 2 is 1.82 bits per heavy atom. The Bertz CT molecular complexity index is 726. The van der Waals surface area contributed by atoms with Crippen LogP contribution in [0.3, 0.4) is 0 Å². The van der Waals surface area contributed by atoms with Gasteiger partial charge in [-0.05, 0) is 43.9 Å². The summed E-state index contributed by atoms with van der Waals surface area (Å²) in [5, 5.41) is 3.00. The maximum absolute atomic E-state index is 13.2. The van der Waals surface area contributed by atoms with Crippen LogP contribution in [0.25, 0.3) is 0 Å². The molecule has 0 aromatic carbocycles. The summed E-state index contributed by atoms with van der Waals surface area (Å²) < 4.78 is 23.7. The van der Waals surface area contributed by atoms with Crippen LogP contribution in [0.5, 0.6) is 0 Å². The van der Waals surface area contributed by atoms with Crippen LogP contribution < -0.4 is 10.2 Å². The fraction of sp³-hybridized carbons (Fsp3) is 0.900. The summed E-state index contributed by atoms with van der Waals surface area (Å²) in [5.41, 5.74) is -0.498. The zero-order valence-corrected chi connectivity index (χ0v) is 18.5. The first-order chi connectivity index (χ1) is 13.0. The number of nitrogens with one attached hydrogen (secondary N) is 2. The molecule has 2 aliphatic heterocycles. The number of amides is 3. The summed E-state index contributed by atoms with van der Waals surface area (Å²) in [5.74, 6) is 0.818. The van der Waals surface area contributed by atoms with E-state index in [1.165, 1.54) is 4.90 Å². The first-order valence-corrected chi connectivity index (χ1v) is 12.5. The van der Waals surface area contributed by atoms with Crippen molar-refractivity contribution in [2.24, 2.45) is 11.3 Å². The van der Waals surface area contributed by atoms with E-state index in [0.717, 1.165) is 24.2 Å². The number of rotatable bonds is 6. The minimum atomic E-state index is -2.99. The fourth-order valence-electron chi connectivity index (χ4n) is 5.19. The van der Waals surface area contributed by atoms with Crippen LogP contribution in [-0.2, 0) is 14.6 Å². The van der Waals surface area contributed by atoms with Crippen molar-refractivity contribution in [2.75, 3.05) is 24.7 Å². The topological polar surface area (TPSA) is 88.0 Å². The average molecular weight is 415 g/mol. The minimum absolute atomic E-state index is 0.0340. The number of nitrogens with zero attached hydrogens (tertiary/aromatic N) is 1. The highest BCUT2D eigenvalue weighted by molar-refractivity contribution is 7.91. The Kier molecular flexibility index (Phi) is 5.85. The summed E-state index contributed by atoms with van der Waals surface area (Å²) in [6.45, 7) is 9.71. The smallest absolute Gasteiger partial charge is 0.323 e. The molecule has 1 saturated carbocycles. The van der Waals surface area contributed by atoms with Crippen LogP contribution in [0.2, 0.25) is 0 Å². The van der Waals surface area contributed by atoms with Gasteiger partial charge in [-0.2, -0.15) is 0 Å². The third-order valence-electron chi connectivity index (χ3n) is 7.73. The quantitative estimate of drug-likeness (QED) is 0.634. The second-order valence-corrected chi connectivity index (χ2v) is 11.9. The first kappa shape index (κ1) is 21.6. The van der Waals surface area contributed by atoms with Crippen LogP contribution in [0.4, 0.5) is 4.79 Å². The number of carbonyl (C=O) groups is 2. The van der Waals surface area contributed by atoms with E-state index in [1.54, 1.807) is 0 Å². The van der Waals surface area contributed by atoms with Crippen LogP contribution >= 0.6 is 0 Å². The Morgan fingerprint density at radius 1 is 1.18 bits per heavy atom. The van der Waals surface area contributed by atoms with Crippen molar-refractivity contribution in [1.82, 2.24) is 10.2 Å². The molecule has 0 aromatic heterocycles. The van der Waals surface area contributed by atoms with Crippen molar-refractivity contribution in [3.8, 4) is 0 Å². The predicted octanol–water partition coefficient (Wildman–Crippen LogP) is 0.953. The zero-order valence-electron chi connectivity index (χ0n) is 17.7. The molecular formula is C20H36N3O4S+. The van der Waals surface area contributed by atoms with Gasteiger partial charge in [0.25, 0.3) is 5.91 Å². The van der Waals surface area contributed by atoms with Crippen molar-refractivity contribution >= 4 is 21.8 Å². The average Bonchev–Trinajstić information content (AvgIpc) is 3.11. The van der Waals surface area contributed by atoms with Gasteiger partial charge in [0.15, 0.2) is 16.5 Å². The lowest BCUT2D eigenvalue weighted by atomic mass is 9.65. The number of hydrogen-bond donors (Lipinski definition) is 2. The Morgan fingerprint density at radius 3 is 2.32 bits per heavy atom. The molecule has 3 amide bonds. The normalized spacial score (nSPS) is 34.1. The zero-order chi connectivity index (χ0) is 20.7. The summed E-state index contributed by atoms with van der Waals surface area (Å²) in [4.78, 5) is 28.2. The lowest BCUT2D eigenvalue weighted by Crippen LogP contribution is -3.17. The van der Waals surface area contributed by atoms with E-state index in [9.17, 15) is 18.0 Å². The van der Waals surface area contributed by atoms with Gasteiger partial charge in [0.1, 0.15) is 17.3 Å². The Labute approximate surface area is 169 Å². The number of carbonyl (C=O) groups excluding carboxylic acids is 2. The molecule has 7 nitrogen and oxygen atoms in total.